The average molecular weight is 372 g/mol. The minimum absolute atomic E-state index is 0.143. The van der Waals surface area contributed by atoms with Crippen LogP contribution in [0.4, 0.5) is 5.82 Å². The van der Waals surface area contributed by atoms with E-state index in [2.05, 4.69) is 20.3 Å². The first-order valence-corrected chi connectivity index (χ1v) is 8.91. The van der Waals surface area contributed by atoms with Crippen LogP contribution in [0.5, 0.6) is 0 Å². The molecule has 7 nitrogen and oxygen atoms in total. The molecule has 140 valence electrons. The monoisotopic (exact) mass is 372 g/mol. The van der Waals surface area contributed by atoms with Gasteiger partial charge in [0.1, 0.15) is 18.0 Å². The van der Waals surface area contributed by atoms with Crippen LogP contribution in [-0.4, -0.2) is 39.5 Å². The summed E-state index contributed by atoms with van der Waals surface area (Å²) < 4.78 is 1.94. The first kappa shape index (κ1) is 17.7. The fourth-order valence-corrected chi connectivity index (χ4v) is 2.89. The number of amides is 1. The summed E-state index contributed by atoms with van der Waals surface area (Å²) in [5.41, 5.74) is 3.43. The molecule has 1 N–H and O–H groups in total. The van der Waals surface area contributed by atoms with E-state index in [4.69, 9.17) is 0 Å². The van der Waals surface area contributed by atoms with Gasteiger partial charge in [-0.1, -0.05) is 18.2 Å². The van der Waals surface area contributed by atoms with E-state index in [1.165, 1.54) is 0 Å². The molecule has 28 heavy (non-hydrogen) atoms. The molecule has 1 amide bonds. The highest BCUT2D eigenvalue weighted by atomic mass is 16.1. The lowest BCUT2D eigenvalue weighted by Gasteiger charge is -2.12. The zero-order chi connectivity index (χ0) is 19.5. The van der Waals surface area contributed by atoms with Crippen molar-refractivity contribution in [2.75, 3.05) is 19.0 Å². The Morgan fingerprint density at radius 1 is 1.07 bits per heavy atom. The smallest absolute Gasteiger partial charge is 0.251 e. The lowest BCUT2D eigenvalue weighted by Crippen LogP contribution is -2.23. The van der Waals surface area contributed by atoms with Crippen molar-refractivity contribution >= 4 is 22.8 Å². The van der Waals surface area contributed by atoms with E-state index in [9.17, 15) is 4.79 Å². The molecule has 0 fully saturated rings. The summed E-state index contributed by atoms with van der Waals surface area (Å²) in [5.74, 6) is 1.38. The Balaban J connectivity index is 1.45. The second-order valence-corrected chi connectivity index (χ2v) is 6.61. The van der Waals surface area contributed by atoms with Crippen molar-refractivity contribution in [2.24, 2.45) is 0 Å². The fraction of sp³-hybridized carbons (Fsp3) is 0.143. The normalized spacial score (nSPS) is 10.8. The molecule has 0 unspecified atom stereocenters. The molecule has 0 atom stereocenters. The Morgan fingerprint density at radius 3 is 2.71 bits per heavy atom. The van der Waals surface area contributed by atoms with Crippen LogP contribution < -0.4 is 10.2 Å². The third kappa shape index (κ3) is 3.55. The number of carbonyl (C=O) groups is 1. The quantitative estimate of drug-likeness (QED) is 0.583. The second-order valence-electron chi connectivity index (χ2n) is 6.61. The second kappa shape index (κ2) is 7.48. The van der Waals surface area contributed by atoms with Gasteiger partial charge in [-0.15, -0.1) is 0 Å². The van der Waals surface area contributed by atoms with E-state index in [1.54, 1.807) is 30.9 Å². The number of nitrogens with zero attached hydrogens (tertiary/aromatic N) is 5. The number of hydrogen-bond donors (Lipinski definition) is 1. The molecule has 0 aliphatic rings. The maximum Gasteiger partial charge on any atom is 0.251 e. The number of hydrogen-bond acceptors (Lipinski definition) is 5. The number of pyridine rings is 2. The molecule has 4 aromatic rings. The minimum atomic E-state index is -0.143. The SMILES string of the molecule is CN(C)c1cc(C(=O)NCc2ccc(-n3cnc4ccccc43)nc2)ccn1. The van der Waals surface area contributed by atoms with Crippen LogP contribution in [0.25, 0.3) is 16.9 Å². The highest BCUT2D eigenvalue weighted by Gasteiger charge is 2.09. The van der Waals surface area contributed by atoms with Crippen molar-refractivity contribution in [1.29, 1.82) is 0 Å². The number of anilines is 1. The number of imidazole rings is 1. The number of nitrogens with one attached hydrogen (secondary N) is 1. The van der Waals surface area contributed by atoms with Gasteiger partial charge in [-0.3, -0.25) is 9.36 Å². The summed E-state index contributed by atoms with van der Waals surface area (Å²) in [6.45, 7) is 0.399. The predicted octanol–water partition coefficient (Wildman–Crippen LogP) is 2.81. The number of benzene rings is 1. The van der Waals surface area contributed by atoms with Gasteiger partial charge in [0.25, 0.3) is 5.91 Å². The van der Waals surface area contributed by atoms with Crippen LogP contribution in [0.3, 0.4) is 0 Å². The summed E-state index contributed by atoms with van der Waals surface area (Å²) in [6.07, 6.45) is 5.17. The van der Waals surface area contributed by atoms with Crippen LogP contribution in [0, 0.1) is 0 Å². The molecule has 0 spiro atoms. The van der Waals surface area contributed by atoms with Crippen molar-refractivity contribution in [3.63, 3.8) is 0 Å². The van der Waals surface area contributed by atoms with Gasteiger partial charge in [-0.05, 0) is 35.9 Å². The van der Waals surface area contributed by atoms with Gasteiger partial charge in [-0.2, -0.15) is 0 Å². The van der Waals surface area contributed by atoms with Crippen molar-refractivity contribution in [1.82, 2.24) is 24.8 Å². The molecule has 0 aliphatic carbocycles. The molecule has 4 rings (SSSR count). The molecule has 0 saturated carbocycles. The van der Waals surface area contributed by atoms with Gasteiger partial charge in [0.15, 0.2) is 0 Å². The summed E-state index contributed by atoms with van der Waals surface area (Å²) in [7, 11) is 3.78. The highest BCUT2D eigenvalue weighted by Crippen LogP contribution is 2.16. The molecular weight excluding hydrogens is 352 g/mol. The molecule has 0 bridgehead atoms. The van der Waals surface area contributed by atoms with E-state index in [0.29, 0.717) is 12.1 Å². The van der Waals surface area contributed by atoms with Crippen LogP contribution in [0.2, 0.25) is 0 Å². The summed E-state index contributed by atoms with van der Waals surface area (Å²) >= 11 is 0. The van der Waals surface area contributed by atoms with Gasteiger partial charge in [0.05, 0.1) is 11.0 Å². The predicted molar refractivity (Wildman–Crippen MR) is 109 cm³/mol. The van der Waals surface area contributed by atoms with E-state index < -0.39 is 0 Å². The van der Waals surface area contributed by atoms with Crippen LogP contribution in [-0.2, 0) is 6.54 Å². The molecule has 7 heteroatoms. The molecule has 0 saturated heterocycles. The zero-order valence-electron chi connectivity index (χ0n) is 15.7. The maximum absolute atomic E-state index is 12.4. The van der Waals surface area contributed by atoms with Crippen molar-refractivity contribution in [3.05, 3.63) is 78.4 Å². The topological polar surface area (TPSA) is 75.9 Å². The number of para-hydroxylation sites is 2. The fourth-order valence-electron chi connectivity index (χ4n) is 2.89. The van der Waals surface area contributed by atoms with Crippen LogP contribution >= 0.6 is 0 Å². The van der Waals surface area contributed by atoms with Gasteiger partial charge in [0, 0.05) is 38.6 Å². The third-order valence-electron chi connectivity index (χ3n) is 4.43. The third-order valence-corrected chi connectivity index (χ3v) is 4.43. The van der Waals surface area contributed by atoms with Crippen LogP contribution in [0.1, 0.15) is 15.9 Å². The number of aromatic nitrogens is 4. The Hall–Kier alpha value is -3.74. The van der Waals surface area contributed by atoms with Crippen LogP contribution in [0.15, 0.2) is 67.3 Å². The molecule has 0 radical (unpaired) electrons. The molecule has 1 aromatic carbocycles. The molecular formula is C21H20N6O. The minimum Gasteiger partial charge on any atom is -0.363 e. The van der Waals surface area contributed by atoms with Gasteiger partial charge < -0.3 is 10.2 Å². The first-order chi connectivity index (χ1) is 13.6. The number of fused-ring (bicyclic) bond motifs is 1. The Kier molecular flexibility index (Phi) is 4.72. The molecule has 0 aliphatic heterocycles. The molecule has 3 aromatic heterocycles. The lowest BCUT2D eigenvalue weighted by molar-refractivity contribution is 0.0951. The molecule has 3 heterocycles. The van der Waals surface area contributed by atoms with Gasteiger partial charge in [-0.25, -0.2) is 15.0 Å². The van der Waals surface area contributed by atoms with E-state index >= 15 is 0 Å². The summed E-state index contributed by atoms with van der Waals surface area (Å²) in [5, 5.41) is 2.92. The largest absolute Gasteiger partial charge is 0.363 e. The number of carbonyl (C=O) groups excluding carboxylic acids is 1. The zero-order valence-corrected chi connectivity index (χ0v) is 15.7. The Labute approximate surface area is 162 Å². The first-order valence-electron chi connectivity index (χ1n) is 8.91. The van der Waals surface area contributed by atoms with Gasteiger partial charge in [0.2, 0.25) is 0 Å². The Bertz CT molecular complexity index is 1120. The van der Waals surface area contributed by atoms with E-state index in [-0.39, 0.29) is 5.91 Å². The van der Waals surface area contributed by atoms with E-state index in [0.717, 1.165) is 28.2 Å². The lowest BCUT2D eigenvalue weighted by atomic mass is 10.2. The highest BCUT2D eigenvalue weighted by molar-refractivity contribution is 5.94. The van der Waals surface area contributed by atoms with Gasteiger partial charge >= 0.3 is 0 Å². The Morgan fingerprint density at radius 2 is 1.93 bits per heavy atom. The van der Waals surface area contributed by atoms with Crippen molar-refractivity contribution in [2.45, 2.75) is 6.54 Å². The average Bonchev–Trinajstić information content (AvgIpc) is 3.16. The summed E-state index contributed by atoms with van der Waals surface area (Å²) in [6, 6.07) is 15.3. The maximum atomic E-state index is 12.4. The number of rotatable bonds is 5. The van der Waals surface area contributed by atoms with E-state index in [1.807, 2.05) is 60.0 Å². The summed E-state index contributed by atoms with van der Waals surface area (Å²) in [4.78, 5) is 27.4. The standard InChI is InChI=1S/C21H20N6O/c1-26(2)20-11-16(9-10-22-20)21(28)24-13-15-7-8-19(23-12-15)27-14-25-17-5-3-4-6-18(17)27/h3-12,14H,13H2,1-2H3,(H,24,28). The van der Waals surface area contributed by atoms with Crippen molar-refractivity contribution < 1.29 is 4.79 Å². The van der Waals surface area contributed by atoms with Crippen molar-refractivity contribution in [3.8, 4) is 5.82 Å².